The average molecular weight is 551 g/mol. The third-order valence-electron chi connectivity index (χ3n) is 11.9. The van der Waals surface area contributed by atoms with Gasteiger partial charge in [0.25, 0.3) is 0 Å². The molecule has 1 aromatic rings. The molecule has 8 aliphatic rings. The van der Waals surface area contributed by atoms with Gasteiger partial charge in [-0.15, -0.1) is 0 Å². The van der Waals surface area contributed by atoms with Gasteiger partial charge in [-0.25, -0.2) is 0 Å². The third-order valence-corrected chi connectivity index (χ3v) is 11.9. The van der Waals surface area contributed by atoms with Gasteiger partial charge in [-0.1, -0.05) is 0 Å². The summed E-state index contributed by atoms with van der Waals surface area (Å²) in [6, 6.07) is 4.68. The molecule has 9 rings (SSSR count). The van der Waals surface area contributed by atoms with Crippen LogP contribution in [0.25, 0.3) is 0 Å². The van der Waals surface area contributed by atoms with Gasteiger partial charge in [-0.05, 0) is 142 Å². The van der Waals surface area contributed by atoms with Crippen LogP contribution in [0.15, 0.2) is 12.1 Å². The molecule has 6 heteroatoms. The lowest BCUT2D eigenvalue weighted by Gasteiger charge is -2.58. The number of ether oxygens (including phenoxy) is 2. The van der Waals surface area contributed by atoms with Crippen molar-refractivity contribution >= 4 is 11.9 Å². The van der Waals surface area contributed by atoms with Crippen LogP contribution in [0.2, 0.25) is 0 Å². The van der Waals surface area contributed by atoms with Crippen molar-refractivity contribution in [1.29, 1.82) is 0 Å². The van der Waals surface area contributed by atoms with Crippen molar-refractivity contribution in [2.75, 3.05) is 13.2 Å². The second-order valence-electron chi connectivity index (χ2n) is 14.9. The fraction of sp³-hybridized carbons (Fsp3) is 0.765. The van der Waals surface area contributed by atoms with Crippen molar-refractivity contribution in [2.45, 2.75) is 114 Å². The van der Waals surface area contributed by atoms with Crippen LogP contribution >= 0.6 is 0 Å². The maximum Gasteiger partial charge on any atom is 0.303 e. The number of hydrogen-bond acceptors (Lipinski definition) is 4. The molecule has 0 radical (unpaired) electrons. The highest BCUT2D eigenvalue weighted by Gasteiger charge is 2.55. The molecule has 0 saturated heterocycles. The Morgan fingerprint density at radius 3 is 1.23 bits per heavy atom. The van der Waals surface area contributed by atoms with E-state index in [-0.39, 0.29) is 23.7 Å². The predicted octanol–water partition coefficient (Wildman–Crippen LogP) is 7.11. The molecule has 218 valence electrons. The van der Waals surface area contributed by atoms with Crippen LogP contribution < -0.4 is 9.47 Å². The fourth-order valence-corrected chi connectivity index (χ4v) is 11.3. The molecule has 0 aromatic heterocycles. The summed E-state index contributed by atoms with van der Waals surface area (Å²) in [6.45, 7) is 0.779. The molecule has 8 fully saturated rings. The van der Waals surface area contributed by atoms with Gasteiger partial charge in [0.05, 0.1) is 13.2 Å². The van der Waals surface area contributed by atoms with E-state index in [0.29, 0.717) is 26.1 Å². The molecule has 1 aromatic carbocycles. The molecule has 8 aliphatic carbocycles. The Balaban J connectivity index is 1.28. The minimum atomic E-state index is -0.787. The van der Waals surface area contributed by atoms with Crippen molar-refractivity contribution in [3.63, 3.8) is 0 Å². The highest BCUT2D eigenvalue weighted by molar-refractivity contribution is 5.67. The highest BCUT2D eigenvalue weighted by Crippen LogP contribution is 2.65. The smallest absolute Gasteiger partial charge is 0.303 e. The average Bonchev–Trinajstić information content (AvgIpc) is 2.87. The van der Waals surface area contributed by atoms with Gasteiger partial charge in [0.15, 0.2) is 0 Å². The number of carbonyl (C=O) groups is 2. The van der Waals surface area contributed by atoms with Crippen LogP contribution in [-0.2, 0) is 20.4 Å². The zero-order valence-corrected chi connectivity index (χ0v) is 23.9. The van der Waals surface area contributed by atoms with Gasteiger partial charge >= 0.3 is 11.9 Å². The molecule has 2 N–H and O–H groups in total. The van der Waals surface area contributed by atoms with E-state index >= 15 is 0 Å². The normalized spacial score (nSPS) is 38.5. The molecule has 0 aliphatic heterocycles. The highest BCUT2D eigenvalue weighted by atomic mass is 16.5. The van der Waals surface area contributed by atoms with E-state index < -0.39 is 11.9 Å². The van der Waals surface area contributed by atoms with E-state index in [9.17, 15) is 19.8 Å². The Hall–Kier alpha value is -2.24. The zero-order valence-electron chi connectivity index (χ0n) is 23.9. The Bertz CT molecular complexity index is 998. The summed E-state index contributed by atoms with van der Waals surface area (Å²) < 4.78 is 13.0. The van der Waals surface area contributed by atoms with E-state index in [1.54, 1.807) is 0 Å². The zero-order chi connectivity index (χ0) is 27.5. The second-order valence-corrected chi connectivity index (χ2v) is 14.9. The molecular formula is C34H46O6. The first kappa shape index (κ1) is 26.6. The van der Waals surface area contributed by atoms with Crippen molar-refractivity contribution < 1.29 is 29.3 Å². The molecule has 0 unspecified atom stereocenters. The van der Waals surface area contributed by atoms with Gasteiger partial charge in [0.1, 0.15) is 11.5 Å². The van der Waals surface area contributed by atoms with Crippen LogP contribution in [0, 0.1) is 35.5 Å². The summed E-state index contributed by atoms with van der Waals surface area (Å²) in [7, 11) is 0. The van der Waals surface area contributed by atoms with E-state index in [4.69, 9.17) is 9.47 Å². The standard InChI is InChI=1S/C34H46O6/c35-31(36)3-1-5-39-29-14-30(40-6-2-4-32(37)38)28(34-18-24-10-25(19-34)12-26(11-24)20-34)13-27(29)33-15-21-7-22(16-33)9-23(8-21)17-33/h13-14,21-26H,1-12,15-20H2,(H,35,36)(H,37,38). The van der Waals surface area contributed by atoms with Gasteiger partial charge in [0.2, 0.25) is 0 Å². The summed E-state index contributed by atoms with van der Waals surface area (Å²) in [5.41, 5.74) is 3.09. The summed E-state index contributed by atoms with van der Waals surface area (Å²) >= 11 is 0. The lowest BCUT2D eigenvalue weighted by Crippen LogP contribution is -2.50. The van der Waals surface area contributed by atoms with Crippen molar-refractivity contribution in [3.8, 4) is 11.5 Å². The first-order valence-electron chi connectivity index (χ1n) is 16.2. The number of hydrogen-bond donors (Lipinski definition) is 2. The number of aliphatic carboxylic acids is 2. The van der Waals surface area contributed by atoms with E-state index in [1.807, 2.05) is 0 Å². The summed E-state index contributed by atoms with van der Waals surface area (Å²) in [6.07, 6.45) is 17.0. The molecule has 6 nitrogen and oxygen atoms in total. The number of rotatable bonds is 12. The molecule has 8 saturated carbocycles. The van der Waals surface area contributed by atoms with Gasteiger partial charge < -0.3 is 19.7 Å². The molecule has 0 atom stereocenters. The number of benzene rings is 1. The SMILES string of the molecule is O=C(O)CCCOc1cc(OCCCC(=O)O)c(C23CC4CC(CC(C4)C2)C3)cc1C12CC3CC(CC(C3)C1)C2. The lowest BCUT2D eigenvalue weighted by atomic mass is 9.46. The minimum Gasteiger partial charge on any atom is -0.493 e. The molecule has 0 spiro atoms. The monoisotopic (exact) mass is 550 g/mol. The number of carboxylic acids is 2. The molecular weight excluding hydrogens is 504 g/mol. The van der Waals surface area contributed by atoms with Crippen molar-refractivity contribution in [2.24, 2.45) is 35.5 Å². The second kappa shape index (κ2) is 10.2. The first-order chi connectivity index (χ1) is 19.3. The Labute approximate surface area is 238 Å². The van der Waals surface area contributed by atoms with E-state index in [1.165, 1.54) is 88.2 Å². The Kier molecular flexibility index (Phi) is 6.82. The van der Waals surface area contributed by atoms with E-state index in [0.717, 1.165) is 47.0 Å². The molecule has 40 heavy (non-hydrogen) atoms. The maximum absolute atomic E-state index is 11.2. The third kappa shape index (κ3) is 4.91. The van der Waals surface area contributed by atoms with E-state index in [2.05, 4.69) is 12.1 Å². The molecule has 8 bridgehead atoms. The Morgan fingerprint density at radius 2 is 0.925 bits per heavy atom. The van der Waals surface area contributed by atoms with Crippen LogP contribution in [0.5, 0.6) is 11.5 Å². The Morgan fingerprint density at radius 1 is 0.600 bits per heavy atom. The minimum absolute atomic E-state index is 0.108. The largest absolute Gasteiger partial charge is 0.493 e. The summed E-state index contributed by atoms with van der Waals surface area (Å²) in [5.74, 6) is 5.14. The quantitative estimate of drug-likeness (QED) is 0.270. The fourth-order valence-electron chi connectivity index (χ4n) is 11.3. The van der Waals surface area contributed by atoms with Crippen LogP contribution in [0.1, 0.15) is 114 Å². The maximum atomic E-state index is 11.2. The molecule has 0 amide bonds. The predicted molar refractivity (Wildman–Crippen MR) is 151 cm³/mol. The van der Waals surface area contributed by atoms with Crippen molar-refractivity contribution in [3.05, 3.63) is 23.3 Å². The van der Waals surface area contributed by atoms with Gasteiger partial charge in [-0.2, -0.15) is 0 Å². The van der Waals surface area contributed by atoms with Gasteiger partial charge in [0, 0.05) is 30.0 Å². The topological polar surface area (TPSA) is 93.1 Å². The summed E-state index contributed by atoms with van der Waals surface area (Å²) in [5, 5.41) is 18.4. The van der Waals surface area contributed by atoms with Crippen LogP contribution in [0.3, 0.4) is 0 Å². The molecule has 0 heterocycles. The van der Waals surface area contributed by atoms with Crippen molar-refractivity contribution in [1.82, 2.24) is 0 Å². The van der Waals surface area contributed by atoms with Crippen LogP contribution in [-0.4, -0.2) is 35.4 Å². The first-order valence-corrected chi connectivity index (χ1v) is 16.2. The van der Waals surface area contributed by atoms with Gasteiger partial charge in [-0.3, -0.25) is 9.59 Å². The lowest BCUT2D eigenvalue weighted by molar-refractivity contribution is -0.138. The summed E-state index contributed by atoms with van der Waals surface area (Å²) in [4.78, 5) is 22.4. The van der Waals surface area contributed by atoms with Crippen LogP contribution in [0.4, 0.5) is 0 Å². The number of carboxylic acid groups (broad SMARTS) is 2.